The lowest BCUT2D eigenvalue weighted by Gasteiger charge is -2.20. The summed E-state index contributed by atoms with van der Waals surface area (Å²) >= 11 is 0. The van der Waals surface area contributed by atoms with Gasteiger partial charge < -0.3 is 9.16 Å². The molecular weight excluding hydrogens is 184 g/mol. The van der Waals surface area contributed by atoms with Gasteiger partial charge in [0.1, 0.15) is 0 Å². The zero-order valence-electron chi connectivity index (χ0n) is 9.01. The minimum atomic E-state index is -1.70. The van der Waals surface area contributed by atoms with E-state index in [1.807, 2.05) is 19.6 Å². The maximum Gasteiger partial charge on any atom is 0.371 e. The molecule has 0 atom stereocenters. The summed E-state index contributed by atoms with van der Waals surface area (Å²) in [6.45, 7) is 10.00. The average molecular weight is 202 g/mol. The Kier molecular flexibility index (Phi) is 4.76. The lowest BCUT2D eigenvalue weighted by Crippen LogP contribution is -2.28. The second-order valence-corrected chi connectivity index (χ2v) is 8.02. The van der Waals surface area contributed by atoms with Crippen LogP contribution in [0.1, 0.15) is 13.8 Å². The minimum Gasteiger partial charge on any atom is -0.540 e. The molecule has 13 heavy (non-hydrogen) atoms. The van der Waals surface area contributed by atoms with Gasteiger partial charge in [0.2, 0.25) is 8.32 Å². The van der Waals surface area contributed by atoms with Crippen molar-refractivity contribution < 1.29 is 14.0 Å². The van der Waals surface area contributed by atoms with Crippen LogP contribution in [0.3, 0.4) is 0 Å². The number of carbonyl (C=O) groups excluding carboxylic acids is 1. The van der Waals surface area contributed by atoms with Crippen molar-refractivity contribution >= 4 is 14.3 Å². The molecule has 0 aromatic rings. The van der Waals surface area contributed by atoms with Crippen molar-refractivity contribution in [2.45, 2.75) is 33.5 Å². The molecular formula is C9H18O3Si. The van der Waals surface area contributed by atoms with Gasteiger partial charge in [-0.2, -0.15) is 0 Å². The van der Waals surface area contributed by atoms with Crippen LogP contribution in [0.2, 0.25) is 19.6 Å². The molecule has 3 nitrogen and oxygen atoms in total. The zero-order valence-corrected chi connectivity index (χ0v) is 10.0. The molecule has 4 heteroatoms. The van der Waals surface area contributed by atoms with Gasteiger partial charge in [0.25, 0.3) is 0 Å². The molecule has 0 aliphatic rings. The van der Waals surface area contributed by atoms with Crippen molar-refractivity contribution in [1.82, 2.24) is 0 Å². The van der Waals surface area contributed by atoms with Crippen molar-refractivity contribution in [3.8, 4) is 0 Å². The number of hydrogen-bond donors (Lipinski definition) is 0. The van der Waals surface area contributed by atoms with Gasteiger partial charge in [-0.05, 0) is 39.6 Å². The Bertz CT molecular complexity index is 203. The van der Waals surface area contributed by atoms with Crippen LogP contribution in [-0.2, 0) is 14.0 Å². The summed E-state index contributed by atoms with van der Waals surface area (Å²) in [5.41, 5.74) is 0. The van der Waals surface area contributed by atoms with Crippen LogP contribution >= 0.6 is 0 Å². The molecule has 0 aromatic heterocycles. The SMILES string of the molecule is CC=C(O[Si](C)(C)C)C(=O)OCC. The van der Waals surface area contributed by atoms with Gasteiger partial charge >= 0.3 is 5.97 Å². The first-order chi connectivity index (χ1) is 5.90. The van der Waals surface area contributed by atoms with Crippen LogP contribution in [-0.4, -0.2) is 20.9 Å². The summed E-state index contributed by atoms with van der Waals surface area (Å²) in [6.07, 6.45) is 1.65. The molecule has 0 aliphatic carbocycles. The lowest BCUT2D eigenvalue weighted by atomic mass is 10.5. The molecule has 0 spiro atoms. The molecule has 0 aromatic carbocycles. The Hall–Kier alpha value is -0.773. The molecule has 0 amide bonds. The fourth-order valence-electron chi connectivity index (χ4n) is 0.751. The van der Waals surface area contributed by atoms with Crippen LogP contribution in [0.15, 0.2) is 11.8 Å². The van der Waals surface area contributed by atoms with Crippen LogP contribution in [0, 0.1) is 0 Å². The molecule has 0 N–H and O–H groups in total. The maximum atomic E-state index is 11.3. The Morgan fingerprint density at radius 3 is 2.23 bits per heavy atom. The van der Waals surface area contributed by atoms with Gasteiger partial charge in [-0.25, -0.2) is 4.79 Å². The molecule has 0 saturated carbocycles. The van der Waals surface area contributed by atoms with E-state index in [0.717, 1.165) is 0 Å². The van der Waals surface area contributed by atoms with Crippen molar-refractivity contribution in [1.29, 1.82) is 0 Å². The highest BCUT2D eigenvalue weighted by Gasteiger charge is 2.21. The van der Waals surface area contributed by atoms with E-state index >= 15 is 0 Å². The van der Waals surface area contributed by atoms with E-state index in [4.69, 9.17) is 9.16 Å². The normalized spacial score (nSPS) is 12.5. The van der Waals surface area contributed by atoms with Gasteiger partial charge in [0.05, 0.1) is 6.61 Å². The van der Waals surface area contributed by atoms with E-state index < -0.39 is 8.32 Å². The van der Waals surface area contributed by atoms with E-state index in [0.29, 0.717) is 12.4 Å². The highest BCUT2D eigenvalue weighted by atomic mass is 28.4. The van der Waals surface area contributed by atoms with Crippen LogP contribution in [0.4, 0.5) is 0 Å². The Morgan fingerprint density at radius 1 is 1.38 bits per heavy atom. The second kappa shape index (κ2) is 5.06. The summed E-state index contributed by atoms with van der Waals surface area (Å²) in [5.74, 6) is -0.0339. The molecule has 0 fully saturated rings. The number of esters is 1. The molecule has 0 rings (SSSR count). The predicted octanol–water partition coefficient (Wildman–Crippen LogP) is 2.30. The number of ether oxygens (including phenoxy) is 1. The fraction of sp³-hybridized carbons (Fsp3) is 0.667. The van der Waals surface area contributed by atoms with Crippen molar-refractivity contribution in [2.75, 3.05) is 6.61 Å². The standard InChI is InChI=1S/C9H18O3Si/c1-6-8(9(10)11-7-2)12-13(3,4)5/h6H,7H2,1-5H3. The van der Waals surface area contributed by atoms with Crippen molar-refractivity contribution in [3.63, 3.8) is 0 Å². The largest absolute Gasteiger partial charge is 0.540 e. The average Bonchev–Trinajstić information content (AvgIpc) is 1.99. The van der Waals surface area contributed by atoms with Crippen molar-refractivity contribution in [3.05, 3.63) is 11.8 Å². The zero-order chi connectivity index (χ0) is 10.5. The topological polar surface area (TPSA) is 35.5 Å². The van der Waals surface area contributed by atoms with Gasteiger partial charge in [0.15, 0.2) is 5.76 Å². The van der Waals surface area contributed by atoms with Gasteiger partial charge in [0, 0.05) is 0 Å². The molecule has 0 aliphatic heterocycles. The number of carbonyl (C=O) groups is 1. The summed E-state index contributed by atoms with van der Waals surface area (Å²) in [6, 6.07) is 0. The monoisotopic (exact) mass is 202 g/mol. The van der Waals surface area contributed by atoms with Gasteiger partial charge in [-0.3, -0.25) is 0 Å². The fourth-order valence-corrected chi connectivity index (χ4v) is 1.61. The Labute approximate surface area is 80.9 Å². The van der Waals surface area contributed by atoms with Crippen LogP contribution in [0.5, 0.6) is 0 Å². The summed E-state index contributed by atoms with van der Waals surface area (Å²) < 4.78 is 10.4. The maximum absolute atomic E-state index is 11.3. The Balaban J connectivity index is 4.29. The van der Waals surface area contributed by atoms with Gasteiger partial charge in [-0.1, -0.05) is 0 Å². The van der Waals surface area contributed by atoms with E-state index in [-0.39, 0.29) is 5.97 Å². The van der Waals surface area contributed by atoms with E-state index in [1.54, 1.807) is 19.9 Å². The van der Waals surface area contributed by atoms with Crippen molar-refractivity contribution in [2.24, 2.45) is 0 Å². The van der Waals surface area contributed by atoms with E-state index in [1.165, 1.54) is 0 Å². The minimum absolute atomic E-state index is 0.334. The lowest BCUT2D eigenvalue weighted by molar-refractivity contribution is -0.141. The number of hydrogen-bond acceptors (Lipinski definition) is 3. The number of allylic oxidation sites excluding steroid dienone is 1. The second-order valence-electron chi connectivity index (χ2n) is 3.59. The first-order valence-electron chi connectivity index (χ1n) is 4.43. The van der Waals surface area contributed by atoms with Crippen LogP contribution in [0.25, 0.3) is 0 Å². The molecule has 0 unspecified atom stereocenters. The van der Waals surface area contributed by atoms with Crippen LogP contribution < -0.4 is 0 Å². The summed E-state index contributed by atoms with van der Waals surface area (Å²) in [4.78, 5) is 11.3. The third kappa shape index (κ3) is 5.46. The highest BCUT2D eigenvalue weighted by Crippen LogP contribution is 2.11. The summed E-state index contributed by atoms with van der Waals surface area (Å²) in [7, 11) is -1.70. The molecule has 0 heterocycles. The highest BCUT2D eigenvalue weighted by molar-refractivity contribution is 6.70. The summed E-state index contributed by atoms with van der Waals surface area (Å²) in [5, 5.41) is 0. The molecule has 0 bridgehead atoms. The molecule has 0 radical (unpaired) electrons. The molecule has 76 valence electrons. The number of rotatable bonds is 4. The first kappa shape index (κ1) is 12.2. The third-order valence-electron chi connectivity index (χ3n) is 1.15. The quantitative estimate of drug-likeness (QED) is 0.304. The van der Waals surface area contributed by atoms with Gasteiger partial charge in [-0.15, -0.1) is 0 Å². The van der Waals surface area contributed by atoms with E-state index in [2.05, 4.69) is 0 Å². The third-order valence-corrected chi connectivity index (χ3v) is 1.99. The molecule has 0 saturated heterocycles. The predicted molar refractivity (Wildman–Crippen MR) is 54.8 cm³/mol. The Morgan fingerprint density at radius 2 is 1.92 bits per heavy atom. The van der Waals surface area contributed by atoms with E-state index in [9.17, 15) is 4.79 Å². The first-order valence-corrected chi connectivity index (χ1v) is 7.84. The smallest absolute Gasteiger partial charge is 0.371 e.